The van der Waals surface area contributed by atoms with Gasteiger partial charge in [-0.05, 0) is 55.1 Å². The van der Waals surface area contributed by atoms with Crippen LogP contribution in [-0.2, 0) is 0 Å². The molecule has 2 aromatic rings. The lowest BCUT2D eigenvalue weighted by atomic mass is 9.87. The number of aliphatic hydroxyl groups is 2. The summed E-state index contributed by atoms with van der Waals surface area (Å²) in [7, 11) is 1.63. The molecule has 4 heteroatoms. The van der Waals surface area contributed by atoms with Gasteiger partial charge in [0.15, 0.2) is 0 Å². The Kier molecular flexibility index (Phi) is 6.08. The first kappa shape index (κ1) is 17.9. The molecule has 0 amide bonds. The Labute approximate surface area is 149 Å². The molecule has 0 spiro atoms. The van der Waals surface area contributed by atoms with Crippen molar-refractivity contribution in [2.45, 2.75) is 25.0 Å². The maximum Gasteiger partial charge on any atom is 0.119 e. The fourth-order valence-corrected chi connectivity index (χ4v) is 3.57. The highest BCUT2D eigenvalue weighted by Gasteiger charge is 2.27. The Bertz CT molecular complexity index is 653. The summed E-state index contributed by atoms with van der Waals surface area (Å²) in [6, 6.07) is 17.5. The molecule has 2 unspecified atom stereocenters. The summed E-state index contributed by atoms with van der Waals surface area (Å²) in [5, 5.41) is 21.1. The van der Waals surface area contributed by atoms with Crippen LogP contribution in [0.15, 0.2) is 54.6 Å². The zero-order valence-corrected chi connectivity index (χ0v) is 14.7. The third kappa shape index (κ3) is 4.60. The molecule has 1 aliphatic heterocycles. The Balaban J connectivity index is 1.52. The van der Waals surface area contributed by atoms with Gasteiger partial charge in [-0.3, -0.25) is 0 Å². The molecule has 134 valence electrons. The maximum absolute atomic E-state index is 10.6. The van der Waals surface area contributed by atoms with E-state index in [1.807, 2.05) is 54.6 Å². The van der Waals surface area contributed by atoms with Gasteiger partial charge in [-0.1, -0.05) is 42.5 Å². The van der Waals surface area contributed by atoms with Crippen LogP contribution in [0.5, 0.6) is 5.75 Å². The first-order valence-corrected chi connectivity index (χ1v) is 8.94. The van der Waals surface area contributed by atoms with Crippen molar-refractivity contribution < 1.29 is 14.9 Å². The summed E-state index contributed by atoms with van der Waals surface area (Å²) in [5.74, 6) is 1.05. The van der Waals surface area contributed by atoms with Crippen LogP contribution in [0.3, 0.4) is 0 Å². The Hall–Kier alpha value is -1.88. The lowest BCUT2D eigenvalue weighted by Gasteiger charge is -2.35. The highest BCUT2D eigenvalue weighted by atomic mass is 16.5. The zero-order chi connectivity index (χ0) is 17.6. The van der Waals surface area contributed by atoms with Gasteiger partial charge in [-0.25, -0.2) is 0 Å². The van der Waals surface area contributed by atoms with E-state index in [1.54, 1.807) is 7.11 Å². The smallest absolute Gasteiger partial charge is 0.119 e. The number of rotatable bonds is 6. The van der Waals surface area contributed by atoms with E-state index in [9.17, 15) is 10.2 Å². The van der Waals surface area contributed by atoms with E-state index in [2.05, 4.69) is 4.90 Å². The average molecular weight is 341 g/mol. The number of aliphatic hydroxyl groups excluding tert-OH is 2. The first-order chi connectivity index (χ1) is 12.2. The number of hydrogen-bond acceptors (Lipinski definition) is 4. The summed E-state index contributed by atoms with van der Waals surface area (Å²) in [4.78, 5) is 2.28. The molecule has 2 N–H and O–H groups in total. The van der Waals surface area contributed by atoms with Gasteiger partial charge in [-0.2, -0.15) is 0 Å². The maximum atomic E-state index is 10.6. The van der Waals surface area contributed by atoms with Crippen molar-refractivity contribution in [2.24, 2.45) is 5.92 Å². The van der Waals surface area contributed by atoms with E-state index in [4.69, 9.17) is 4.74 Å². The Morgan fingerprint density at radius 3 is 2.36 bits per heavy atom. The standard InChI is InChI=1S/C21H27NO3/c1-25-19-9-5-8-18(14-19)20(23)15-22-12-10-17(11-13-22)21(24)16-6-3-2-4-7-16/h2-9,14,17,20-21,23-24H,10-13,15H2,1H3. The van der Waals surface area contributed by atoms with Gasteiger partial charge in [0.2, 0.25) is 0 Å². The molecule has 0 saturated carbocycles. The molecule has 25 heavy (non-hydrogen) atoms. The van der Waals surface area contributed by atoms with Gasteiger partial charge in [0.1, 0.15) is 5.75 Å². The van der Waals surface area contributed by atoms with Crippen LogP contribution in [0.1, 0.15) is 36.2 Å². The van der Waals surface area contributed by atoms with Crippen LogP contribution in [0.25, 0.3) is 0 Å². The number of β-amino-alcohol motifs (C(OH)–C–C–N with tert-alkyl or cyclic N) is 1. The van der Waals surface area contributed by atoms with Crippen LogP contribution in [-0.4, -0.2) is 41.9 Å². The third-order valence-electron chi connectivity index (χ3n) is 5.13. The fourth-order valence-electron chi connectivity index (χ4n) is 3.57. The number of methoxy groups -OCH3 is 1. The van der Waals surface area contributed by atoms with Gasteiger partial charge in [0.25, 0.3) is 0 Å². The van der Waals surface area contributed by atoms with Crippen molar-refractivity contribution in [1.29, 1.82) is 0 Å². The predicted molar refractivity (Wildman–Crippen MR) is 98.5 cm³/mol. The number of nitrogens with zero attached hydrogens (tertiary/aromatic N) is 1. The molecule has 1 heterocycles. The Morgan fingerprint density at radius 1 is 1.00 bits per heavy atom. The van der Waals surface area contributed by atoms with Crippen molar-refractivity contribution in [1.82, 2.24) is 4.90 Å². The minimum Gasteiger partial charge on any atom is -0.497 e. The van der Waals surface area contributed by atoms with Crippen molar-refractivity contribution >= 4 is 0 Å². The molecule has 0 aromatic heterocycles. The van der Waals surface area contributed by atoms with Crippen LogP contribution in [0, 0.1) is 5.92 Å². The molecule has 1 fully saturated rings. The molecular weight excluding hydrogens is 314 g/mol. The van der Waals surface area contributed by atoms with Gasteiger partial charge in [-0.15, -0.1) is 0 Å². The largest absolute Gasteiger partial charge is 0.497 e. The second-order valence-electron chi connectivity index (χ2n) is 6.79. The summed E-state index contributed by atoms with van der Waals surface area (Å²) >= 11 is 0. The molecule has 1 aliphatic rings. The molecule has 1 saturated heterocycles. The number of piperidine rings is 1. The quantitative estimate of drug-likeness (QED) is 0.847. The van der Waals surface area contributed by atoms with E-state index in [0.717, 1.165) is 42.8 Å². The Morgan fingerprint density at radius 2 is 1.68 bits per heavy atom. The lowest BCUT2D eigenvalue weighted by molar-refractivity contribution is 0.0398. The first-order valence-electron chi connectivity index (χ1n) is 8.94. The van der Waals surface area contributed by atoms with E-state index >= 15 is 0 Å². The fraction of sp³-hybridized carbons (Fsp3) is 0.429. The van der Waals surface area contributed by atoms with E-state index < -0.39 is 12.2 Å². The highest BCUT2D eigenvalue weighted by Crippen LogP contribution is 2.31. The van der Waals surface area contributed by atoms with Crippen molar-refractivity contribution in [3.63, 3.8) is 0 Å². The number of likely N-dealkylation sites (tertiary alicyclic amines) is 1. The summed E-state index contributed by atoms with van der Waals surface area (Å²) < 4.78 is 5.22. The molecule has 4 nitrogen and oxygen atoms in total. The van der Waals surface area contributed by atoms with Gasteiger partial charge >= 0.3 is 0 Å². The summed E-state index contributed by atoms with van der Waals surface area (Å²) in [5.41, 5.74) is 1.88. The third-order valence-corrected chi connectivity index (χ3v) is 5.13. The molecule has 3 rings (SSSR count). The van der Waals surface area contributed by atoms with Gasteiger partial charge in [0, 0.05) is 6.54 Å². The van der Waals surface area contributed by atoms with Crippen molar-refractivity contribution in [3.05, 3.63) is 65.7 Å². The monoisotopic (exact) mass is 341 g/mol. The van der Waals surface area contributed by atoms with Crippen molar-refractivity contribution in [3.8, 4) is 5.75 Å². The second-order valence-corrected chi connectivity index (χ2v) is 6.79. The predicted octanol–water partition coefficient (Wildman–Crippen LogP) is 3.17. The van der Waals surface area contributed by atoms with Gasteiger partial charge in [0.05, 0.1) is 19.3 Å². The molecule has 0 radical (unpaired) electrons. The topological polar surface area (TPSA) is 52.9 Å². The molecule has 2 aromatic carbocycles. The number of benzene rings is 2. The van der Waals surface area contributed by atoms with Gasteiger partial charge < -0.3 is 19.8 Å². The number of ether oxygens (including phenoxy) is 1. The van der Waals surface area contributed by atoms with Crippen LogP contribution < -0.4 is 4.74 Å². The van der Waals surface area contributed by atoms with Crippen LogP contribution >= 0.6 is 0 Å². The van der Waals surface area contributed by atoms with E-state index in [1.165, 1.54) is 0 Å². The lowest BCUT2D eigenvalue weighted by Crippen LogP contribution is -2.38. The zero-order valence-electron chi connectivity index (χ0n) is 14.7. The minimum absolute atomic E-state index is 0.285. The second kappa shape index (κ2) is 8.48. The highest BCUT2D eigenvalue weighted by molar-refractivity contribution is 5.30. The molecule has 2 atom stereocenters. The van der Waals surface area contributed by atoms with Crippen LogP contribution in [0.4, 0.5) is 0 Å². The minimum atomic E-state index is -0.523. The van der Waals surface area contributed by atoms with E-state index in [0.29, 0.717) is 6.54 Å². The van der Waals surface area contributed by atoms with Crippen LogP contribution in [0.2, 0.25) is 0 Å². The normalized spacial score (nSPS) is 18.7. The summed E-state index contributed by atoms with van der Waals surface area (Å²) in [6.45, 7) is 2.41. The SMILES string of the molecule is COc1cccc(C(O)CN2CCC(C(O)c3ccccc3)CC2)c1. The average Bonchev–Trinajstić information content (AvgIpc) is 2.68. The number of hydrogen-bond donors (Lipinski definition) is 2. The van der Waals surface area contributed by atoms with Crippen molar-refractivity contribution in [2.75, 3.05) is 26.7 Å². The molecule has 0 aliphatic carbocycles. The van der Waals surface area contributed by atoms with E-state index in [-0.39, 0.29) is 5.92 Å². The molecule has 0 bridgehead atoms. The molecular formula is C21H27NO3. The summed E-state index contributed by atoms with van der Waals surface area (Å²) in [6.07, 6.45) is 0.972.